The van der Waals surface area contributed by atoms with Crippen molar-refractivity contribution in [1.29, 1.82) is 0 Å². The lowest BCUT2D eigenvalue weighted by atomic mass is 9.81. The van der Waals surface area contributed by atoms with Gasteiger partial charge in [-0.1, -0.05) is 15.9 Å². The molecule has 0 fully saturated rings. The largest absolute Gasteiger partial charge is 0.493 e. The first-order valence-electron chi connectivity index (χ1n) is 10.1. The van der Waals surface area contributed by atoms with Crippen molar-refractivity contribution >= 4 is 21.7 Å². The van der Waals surface area contributed by atoms with Gasteiger partial charge in [-0.25, -0.2) is 0 Å². The van der Waals surface area contributed by atoms with Gasteiger partial charge in [-0.3, -0.25) is 4.79 Å². The Kier molecular flexibility index (Phi) is 4.82. The third-order valence-electron chi connectivity index (χ3n) is 6.30. The maximum atomic E-state index is 13.6. The van der Waals surface area contributed by atoms with Gasteiger partial charge in [0.05, 0.1) is 36.6 Å². The molecule has 3 aliphatic rings. The number of methoxy groups -OCH3 is 2. The molecule has 4 atom stereocenters. The minimum atomic E-state index is -0.595. The molecule has 3 aliphatic heterocycles. The lowest BCUT2D eigenvalue weighted by molar-refractivity contribution is 0.0554. The average Bonchev–Trinajstić information content (AvgIpc) is 3.23. The molecule has 5 rings (SSSR count). The highest BCUT2D eigenvalue weighted by atomic mass is 81.9. The van der Waals surface area contributed by atoms with E-state index in [-0.39, 0.29) is 25.1 Å². The number of alkyl halides is 1. The fraction of sp³-hybridized carbons (Fsp3) is 0.435. The molecule has 0 radical (unpaired) electrons. The predicted octanol–water partition coefficient (Wildman–Crippen LogP) is 3.27. The Morgan fingerprint density at radius 2 is 1.90 bits per heavy atom. The van der Waals surface area contributed by atoms with Gasteiger partial charge in [-0.15, -0.1) is 0 Å². The molecule has 31 heavy (non-hydrogen) atoms. The van der Waals surface area contributed by atoms with Gasteiger partial charge in [0.25, 0.3) is 0 Å². The number of aliphatic hydroxyl groups excluding tert-OH is 1. The van der Waals surface area contributed by atoms with Crippen LogP contribution in [0.25, 0.3) is 0 Å². The molecule has 2 aromatic carbocycles. The summed E-state index contributed by atoms with van der Waals surface area (Å²) in [5.41, 5.74) is 2.12. The highest BCUT2D eigenvalue weighted by Gasteiger charge is 2.47. The molecular formula is C23H23BrO7. The van der Waals surface area contributed by atoms with Crippen molar-refractivity contribution in [2.24, 2.45) is 0 Å². The second kappa shape index (κ2) is 7.31. The molecule has 0 saturated heterocycles. The van der Waals surface area contributed by atoms with Crippen LogP contribution in [0.15, 0.2) is 24.3 Å². The van der Waals surface area contributed by atoms with E-state index in [0.29, 0.717) is 40.7 Å². The average molecular weight is 493 g/mol. The third kappa shape index (κ3) is 3.07. The van der Waals surface area contributed by atoms with Crippen LogP contribution in [-0.2, 0) is 6.42 Å². The molecule has 164 valence electrons. The first-order valence-corrected chi connectivity index (χ1v) is 10.9. The maximum Gasteiger partial charge on any atom is 0.178 e. The van der Waals surface area contributed by atoms with Gasteiger partial charge in [0.2, 0.25) is 0 Å². The van der Waals surface area contributed by atoms with Crippen molar-refractivity contribution in [3.63, 3.8) is 0 Å². The highest BCUT2D eigenvalue weighted by Crippen LogP contribution is 2.50. The van der Waals surface area contributed by atoms with E-state index >= 15 is 0 Å². The van der Waals surface area contributed by atoms with Crippen LogP contribution in [-0.4, -0.2) is 54.9 Å². The van der Waals surface area contributed by atoms with Crippen LogP contribution >= 0.6 is 15.9 Å². The van der Waals surface area contributed by atoms with Crippen LogP contribution in [0.3, 0.4) is 0 Å². The summed E-state index contributed by atoms with van der Waals surface area (Å²) in [7, 11) is 3.12. The van der Waals surface area contributed by atoms with E-state index < -0.39 is 16.3 Å². The number of fused-ring (bicyclic) bond motifs is 6. The molecule has 1 N–H and O–H groups in total. The molecule has 0 spiro atoms. The summed E-state index contributed by atoms with van der Waals surface area (Å²) in [5.74, 6) is 2.41. The Morgan fingerprint density at radius 3 is 2.61 bits per heavy atom. The molecule has 0 amide bonds. The molecule has 1 unspecified atom stereocenters. The molecule has 7 nitrogen and oxygen atoms in total. The quantitative estimate of drug-likeness (QED) is 0.655. The third-order valence-corrected chi connectivity index (χ3v) is 7.06. The lowest BCUT2D eigenvalue weighted by Crippen LogP contribution is -2.43. The summed E-state index contributed by atoms with van der Waals surface area (Å²) in [5, 5.41) is 9.69. The summed E-state index contributed by atoms with van der Waals surface area (Å²) < 4.78 is 28.5. The second-order valence-corrected chi connectivity index (χ2v) is 10.0. The molecule has 0 bridgehead atoms. The molecule has 0 saturated carbocycles. The number of hydrogen-bond donors (Lipinski definition) is 1. The zero-order chi connectivity index (χ0) is 21.9. The maximum absolute atomic E-state index is 13.6. The first kappa shape index (κ1) is 20.5. The van der Waals surface area contributed by atoms with Crippen molar-refractivity contribution in [1.82, 2.24) is 0 Å². The second-order valence-electron chi connectivity index (χ2n) is 8.22. The van der Waals surface area contributed by atoms with Gasteiger partial charge in [0, 0.05) is 23.6 Å². The topological polar surface area (TPSA) is 83.5 Å². The number of aliphatic hydroxyl groups is 1. The molecule has 0 aromatic heterocycles. The van der Waals surface area contributed by atoms with Crippen LogP contribution < -0.4 is 23.7 Å². The number of rotatable bonds is 4. The Labute approximate surface area is 188 Å². The standard InChI is InChI=1S/C23H23BrO7/c1-23(24,10-25)19-7-13-14(30-19)5-4-11-21(26)20-12-6-16(27-2)17(28-3)8-15(12)29-9-18(20)31-22(11)13/h4-6,8,18-20,25H,7,9-10H2,1-3H3/t18-,19?,20+,23+/m1/s1/i24+2. The van der Waals surface area contributed by atoms with Gasteiger partial charge >= 0.3 is 0 Å². The van der Waals surface area contributed by atoms with Crippen LogP contribution in [0.4, 0.5) is 0 Å². The Hall–Kier alpha value is -2.45. The minimum absolute atomic E-state index is 0.0157. The van der Waals surface area contributed by atoms with E-state index in [1.54, 1.807) is 32.4 Å². The van der Waals surface area contributed by atoms with E-state index in [9.17, 15) is 9.90 Å². The van der Waals surface area contributed by atoms with E-state index in [1.807, 2.05) is 13.0 Å². The van der Waals surface area contributed by atoms with Crippen molar-refractivity contribution < 1.29 is 33.6 Å². The van der Waals surface area contributed by atoms with Gasteiger partial charge in [-0.2, -0.15) is 0 Å². The number of benzene rings is 2. The predicted molar refractivity (Wildman–Crippen MR) is 116 cm³/mol. The fourth-order valence-electron chi connectivity index (χ4n) is 4.50. The minimum Gasteiger partial charge on any atom is -0.493 e. The first-order chi connectivity index (χ1) is 14.9. The number of ether oxygens (including phenoxy) is 5. The Morgan fingerprint density at radius 1 is 1.16 bits per heavy atom. The molecule has 3 heterocycles. The van der Waals surface area contributed by atoms with Crippen LogP contribution in [0.5, 0.6) is 28.7 Å². The van der Waals surface area contributed by atoms with Crippen LogP contribution in [0.1, 0.15) is 34.3 Å². The van der Waals surface area contributed by atoms with Crippen LogP contribution in [0.2, 0.25) is 0 Å². The van der Waals surface area contributed by atoms with Gasteiger partial charge < -0.3 is 28.8 Å². The summed E-state index contributed by atoms with van der Waals surface area (Å²) in [6.45, 7) is 2.05. The summed E-state index contributed by atoms with van der Waals surface area (Å²) in [4.78, 5) is 13.6. The number of ketones is 1. The van der Waals surface area contributed by atoms with Crippen molar-refractivity contribution in [3.05, 3.63) is 41.0 Å². The summed E-state index contributed by atoms with van der Waals surface area (Å²) in [6, 6.07) is 7.11. The van der Waals surface area contributed by atoms with Crippen molar-refractivity contribution in [3.8, 4) is 28.7 Å². The monoisotopic (exact) mass is 493 g/mol. The van der Waals surface area contributed by atoms with E-state index in [0.717, 1.165) is 11.1 Å². The molecule has 8 heteroatoms. The number of carbonyl (C=O) groups excluding carboxylic acids is 1. The fourth-order valence-corrected chi connectivity index (χ4v) is 4.76. The normalized spacial score (nSPS) is 24.9. The van der Waals surface area contributed by atoms with Gasteiger partial charge in [0.1, 0.15) is 36.1 Å². The number of hydrogen-bond acceptors (Lipinski definition) is 7. The van der Waals surface area contributed by atoms with Crippen molar-refractivity contribution in [2.45, 2.75) is 35.8 Å². The smallest absolute Gasteiger partial charge is 0.178 e. The van der Waals surface area contributed by atoms with E-state index in [1.165, 1.54) is 0 Å². The highest BCUT2D eigenvalue weighted by molar-refractivity contribution is 9.10. The number of Topliss-reactive ketones (excluding diaryl/α,β-unsaturated/α-hetero) is 1. The summed E-state index contributed by atoms with van der Waals surface area (Å²) >= 11 is 3.55. The SMILES string of the molecule is COc1cc2c(cc1OC)[C@@H]1C(=O)c3ccc4c(c3O[C@@H]1CO2)CC([C@@](C)([82Br])CO)O4. The molecule has 2 aromatic rings. The van der Waals surface area contributed by atoms with Gasteiger partial charge in [-0.05, 0) is 25.1 Å². The van der Waals surface area contributed by atoms with Crippen molar-refractivity contribution in [2.75, 3.05) is 27.4 Å². The number of carbonyl (C=O) groups is 1. The lowest BCUT2D eigenvalue weighted by Gasteiger charge is -2.37. The number of halogens is 1. The molecule has 0 aliphatic carbocycles. The zero-order valence-corrected chi connectivity index (χ0v) is 19.0. The summed E-state index contributed by atoms with van der Waals surface area (Å²) in [6.07, 6.45) is -0.187. The zero-order valence-electron chi connectivity index (χ0n) is 17.4. The van der Waals surface area contributed by atoms with Gasteiger partial charge in [0.15, 0.2) is 17.3 Å². The molecular weight excluding hydrogens is 470 g/mol. The Balaban J connectivity index is 1.55. The van der Waals surface area contributed by atoms with E-state index in [4.69, 9.17) is 23.7 Å². The Bertz CT molecular complexity index is 1060. The van der Waals surface area contributed by atoms with E-state index in [2.05, 4.69) is 15.9 Å². The van der Waals surface area contributed by atoms with Crippen LogP contribution in [0, 0.1) is 0 Å².